The van der Waals surface area contributed by atoms with Gasteiger partial charge in [-0.1, -0.05) is 12.1 Å². The van der Waals surface area contributed by atoms with Crippen LogP contribution in [0.5, 0.6) is 5.75 Å². The van der Waals surface area contributed by atoms with E-state index in [1.165, 1.54) is 11.3 Å². The molecule has 0 amide bonds. The van der Waals surface area contributed by atoms with Crippen LogP contribution in [0.4, 0.5) is 0 Å². The average molecular weight is 366 g/mol. The van der Waals surface area contributed by atoms with Crippen LogP contribution in [0.3, 0.4) is 0 Å². The van der Waals surface area contributed by atoms with Crippen LogP contribution >= 0.6 is 27.3 Å². The number of hydrogen-bond acceptors (Lipinski definition) is 5. The van der Waals surface area contributed by atoms with Gasteiger partial charge in [0, 0.05) is 5.56 Å². The quantitative estimate of drug-likeness (QED) is 0.754. The Morgan fingerprint density at radius 3 is 2.90 bits per heavy atom. The first kappa shape index (κ1) is 15.5. The molecule has 21 heavy (non-hydrogen) atoms. The molecule has 0 radical (unpaired) electrons. The molecular formula is C15H12BrNO3S. The van der Waals surface area contributed by atoms with Gasteiger partial charge in [0.2, 0.25) is 0 Å². The van der Waals surface area contributed by atoms with E-state index in [2.05, 4.69) is 15.9 Å². The number of benzene rings is 1. The number of esters is 1. The molecule has 0 bridgehead atoms. The predicted octanol–water partition coefficient (Wildman–Crippen LogP) is 3.89. The van der Waals surface area contributed by atoms with Gasteiger partial charge in [0.1, 0.15) is 18.4 Å². The highest BCUT2D eigenvalue weighted by Gasteiger charge is 2.18. The van der Waals surface area contributed by atoms with Gasteiger partial charge in [-0.2, -0.15) is 5.26 Å². The largest absolute Gasteiger partial charge is 0.478 e. The van der Waals surface area contributed by atoms with Crippen LogP contribution in [0.25, 0.3) is 0 Å². The number of ether oxygens (including phenoxy) is 2. The number of nitrogens with zero attached hydrogens (tertiary/aromatic N) is 1. The third-order valence-corrected chi connectivity index (χ3v) is 4.20. The first-order valence-corrected chi connectivity index (χ1v) is 7.82. The van der Waals surface area contributed by atoms with Gasteiger partial charge in [-0.15, -0.1) is 11.3 Å². The summed E-state index contributed by atoms with van der Waals surface area (Å²) in [4.78, 5) is 11.9. The summed E-state index contributed by atoms with van der Waals surface area (Å²) in [5.74, 6) is -0.0900. The lowest BCUT2D eigenvalue weighted by atomic mass is 10.2. The summed E-state index contributed by atoms with van der Waals surface area (Å²) < 4.78 is 11.7. The van der Waals surface area contributed by atoms with E-state index in [-0.39, 0.29) is 6.61 Å². The Hall–Kier alpha value is -1.84. The van der Waals surface area contributed by atoms with Crippen molar-refractivity contribution in [2.75, 3.05) is 0 Å². The van der Waals surface area contributed by atoms with E-state index in [1.54, 1.807) is 31.2 Å². The minimum Gasteiger partial charge on any atom is -0.478 e. The summed E-state index contributed by atoms with van der Waals surface area (Å²) in [5.41, 5.74) is 1.31. The molecule has 0 aliphatic carbocycles. The van der Waals surface area contributed by atoms with Crippen molar-refractivity contribution >= 4 is 33.2 Å². The number of halogens is 1. The summed E-state index contributed by atoms with van der Waals surface area (Å²) >= 11 is 4.88. The van der Waals surface area contributed by atoms with E-state index in [9.17, 15) is 4.79 Å². The van der Waals surface area contributed by atoms with Crippen molar-refractivity contribution in [1.82, 2.24) is 0 Å². The molecule has 4 nitrogen and oxygen atoms in total. The highest BCUT2D eigenvalue weighted by molar-refractivity contribution is 9.11. The number of hydrogen-bond donors (Lipinski definition) is 0. The lowest BCUT2D eigenvalue weighted by Gasteiger charge is -2.14. The molecule has 1 aromatic carbocycles. The van der Waals surface area contributed by atoms with E-state index >= 15 is 0 Å². The van der Waals surface area contributed by atoms with Crippen LogP contribution in [0.15, 0.2) is 39.5 Å². The Labute approximate surface area is 135 Å². The second-order valence-corrected chi connectivity index (χ2v) is 6.53. The number of rotatable bonds is 5. The summed E-state index contributed by atoms with van der Waals surface area (Å²) in [6.07, 6.45) is -0.776. The van der Waals surface area contributed by atoms with E-state index in [0.717, 1.165) is 9.35 Å². The van der Waals surface area contributed by atoms with Crippen molar-refractivity contribution in [3.05, 3.63) is 50.6 Å². The average Bonchev–Trinajstić information content (AvgIpc) is 2.91. The number of nitriles is 1. The number of carbonyl (C=O) groups is 1. The standard InChI is InChI=1S/C15H12BrNO3S/c1-10(20-13-5-3-2-4-12(13)7-17)15(18)19-8-11-6-14(16)21-9-11/h2-6,9-10H,8H2,1H3/t10-/m1/s1. The SMILES string of the molecule is C[C@@H](Oc1ccccc1C#N)C(=O)OCc1csc(Br)c1. The summed E-state index contributed by atoms with van der Waals surface area (Å²) in [7, 11) is 0. The molecule has 0 spiro atoms. The van der Waals surface area contributed by atoms with Gasteiger partial charge in [-0.25, -0.2) is 4.79 Å². The Bertz CT molecular complexity index is 678. The minimum absolute atomic E-state index is 0.203. The fourth-order valence-corrected chi connectivity index (χ4v) is 2.79. The van der Waals surface area contributed by atoms with E-state index in [0.29, 0.717) is 11.3 Å². The number of carbonyl (C=O) groups excluding carboxylic acids is 1. The maximum Gasteiger partial charge on any atom is 0.347 e. The molecule has 108 valence electrons. The number of para-hydroxylation sites is 1. The monoisotopic (exact) mass is 365 g/mol. The minimum atomic E-state index is -0.776. The molecule has 1 aromatic heterocycles. The molecule has 1 heterocycles. The van der Waals surface area contributed by atoms with Gasteiger partial charge in [0.05, 0.1) is 9.35 Å². The van der Waals surface area contributed by atoms with Gasteiger partial charge >= 0.3 is 5.97 Å². The van der Waals surface area contributed by atoms with Crippen LogP contribution in [0.2, 0.25) is 0 Å². The Morgan fingerprint density at radius 1 is 1.48 bits per heavy atom. The zero-order chi connectivity index (χ0) is 15.2. The van der Waals surface area contributed by atoms with Crippen molar-refractivity contribution < 1.29 is 14.3 Å². The first-order chi connectivity index (χ1) is 10.1. The van der Waals surface area contributed by atoms with Gasteiger partial charge < -0.3 is 9.47 Å². The summed E-state index contributed by atoms with van der Waals surface area (Å²) in [6, 6.07) is 10.7. The zero-order valence-corrected chi connectivity index (χ0v) is 13.6. The van der Waals surface area contributed by atoms with Crippen molar-refractivity contribution in [3.8, 4) is 11.8 Å². The van der Waals surface area contributed by atoms with Crippen LogP contribution in [-0.4, -0.2) is 12.1 Å². The number of thiophene rings is 1. The fourth-order valence-electron chi connectivity index (χ4n) is 1.59. The smallest absolute Gasteiger partial charge is 0.347 e. The van der Waals surface area contributed by atoms with Crippen molar-refractivity contribution in [2.24, 2.45) is 0 Å². The summed E-state index contributed by atoms with van der Waals surface area (Å²) in [5, 5.41) is 10.9. The highest BCUT2D eigenvalue weighted by Crippen LogP contribution is 2.22. The zero-order valence-electron chi connectivity index (χ0n) is 11.2. The van der Waals surface area contributed by atoms with Gasteiger partial charge in [-0.3, -0.25) is 0 Å². The predicted molar refractivity (Wildman–Crippen MR) is 83.1 cm³/mol. The molecule has 0 fully saturated rings. The maximum atomic E-state index is 11.9. The van der Waals surface area contributed by atoms with Crippen molar-refractivity contribution in [1.29, 1.82) is 5.26 Å². The van der Waals surface area contributed by atoms with E-state index < -0.39 is 12.1 Å². The fraction of sp³-hybridized carbons (Fsp3) is 0.200. The Kier molecular flexibility index (Phi) is 5.37. The first-order valence-electron chi connectivity index (χ1n) is 6.15. The van der Waals surface area contributed by atoms with Crippen molar-refractivity contribution in [3.63, 3.8) is 0 Å². The van der Waals surface area contributed by atoms with Crippen molar-refractivity contribution in [2.45, 2.75) is 19.6 Å². The van der Waals surface area contributed by atoms with E-state index in [1.807, 2.05) is 17.5 Å². The molecule has 1 atom stereocenters. The van der Waals surface area contributed by atoms with Gasteiger partial charge in [0.15, 0.2) is 6.10 Å². The second-order valence-electron chi connectivity index (χ2n) is 4.23. The molecule has 0 aliphatic rings. The van der Waals surface area contributed by atoms with E-state index in [4.69, 9.17) is 14.7 Å². The molecule has 2 rings (SSSR count). The second kappa shape index (κ2) is 7.25. The van der Waals surface area contributed by atoms with Crippen LogP contribution in [0, 0.1) is 11.3 Å². The molecule has 0 saturated carbocycles. The third kappa shape index (κ3) is 4.31. The molecule has 0 unspecified atom stereocenters. The Morgan fingerprint density at radius 2 is 2.24 bits per heavy atom. The normalized spacial score (nSPS) is 11.5. The Balaban J connectivity index is 1.92. The molecule has 0 saturated heterocycles. The van der Waals surface area contributed by atoms with Gasteiger partial charge in [-0.05, 0) is 46.4 Å². The van der Waals surface area contributed by atoms with Crippen LogP contribution < -0.4 is 4.74 Å². The molecule has 2 aromatic rings. The lowest BCUT2D eigenvalue weighted by molar-refractivity contribution is -0.152. The van der Waals surface area contributed by atoms with Crippen LogP contribution in [0.1, 0.15) is 18.1 Å². The molecule has 0 aliphatic heterocycles. The van der Waals surface area contributed by atoms with Gasteiger partial charge in [0.25, 0.3) is 0 Å². The molecular weight excluding hydrogens is 354 g/mol. The maximum absolute atomic E-state index is 11.9. The topological polar surface area (TPSA) is 59.3 Å². The molecule has 6 heteroatoms. The lowest BCUT2D eigenvalue weighted by Crippen LogP contribution is -2.26. The highest BCUT2D eigenvalue weighted by atomic mass is 79.9. The molecule has 0 N–H and O–H groups in total. The van der Waals surface area contributed by atoms with Crippen LogP contribution in [-0.2, 0) is 16.1 Å². The summed E-state index contributed by atoms with van der Waals surface area (Å²) in [6.45, 7) is 1.80. The third-order valence-electron chi connectivity index (χ3n) is 2.65.